The van der Waals surface area contributed by atoms with Crippen LogP contribution in [0.15, 0.2) is 53.4 Å². The Bertz CT molecular complexity index is 1190. The summed E-state index contributed by atoms with van der Waals surface area (Å²) in [6.07, 6.45) is 0. The van der Waals surface area contributed by atoms with Gasteiger partial charge in [-0.2, -0.15) is 4.31 Å². The largest absolute Gasteiger partial charge is 0.497 e. The van der Waals surface area contributed by atoms with Crippen LogP contribution in [0.1, 0.15) is 16.7 Å². The van der Waals surface area contributed by atoms with E-state index < -0.39 is 50.4 Å². The van der Waals surface area contributed by atoms with Crippen molar-refractivity contribution in [2.45, 2.75) is 24.6 Å². The molecule has 0 aliphatic heterocycles. The number of benzene rings is 3. The molecule has 3 aromatic rings. The molecule has 0 radical (unpaired) electrons. The minimum Gasteiger partial charge on any atom is -0.497 e. The molecule has 3 aromatic carbocycles. The van der Waals surface area contributed by atoms with Crippen LogP contribution in [0, 0.1) is 23.3 Å². The molecule has 0 spiro atoms. The van der Waals surface area contributed by atoms with Crippen LogP contribution in [0.4, 0.5) is 17.6 Å². The maximum Gasteiger partial charge on any atom is 0.249 e. The summed E-state index contributed by atoms with van der Waals surface area (Å²) in [7, 11) is -2.21. The van der Waals surface area contributed by atoms with E-state index in [1.807, 2.05) is 0 Å². The third kappa shape index (κ3) is 5.01. The zero-order chi connectivity index (χ0) is 25.0. The van der Waals surface area contributed by atoms with Gasteiger partial charge in [0.05, 0.1) is 26.4 Å². The molecule has 11 heteroatoms. The SMILES string of the molecule is COc1ccc(CN(Cc2ccc(OC)cc2)S(=O)(=O)c2c(F)c(F)c(CO)c(F)c2F)cc1. The lowest BCUT2D eigenvalue weighted by Gasteiger charge is -2.24. The summed E-state index contributed by atoms with van der Waals surface area (Å²) in [5.41, 5.74) is -0.455. The molecule has 6 nitrogen and oxygen atoms in total. The molecule has 0 aromatic heterocycles. The van der Waals surface area contributed by atoms with E-state index in [2.05, 4.69) is 0 Å². The highest BCUT2D eigenvalue weighted by atomic mass is 32.2. The van der Waals surface area contributed by atoms with Crippen molar-refractivity contribution in [3.05, 3.63) is 88.5 Å². The van der Waals surface area contributed by atoms with Crippen molar-refractivity contribution in [3.63, 3.8) is 0 Å². The predicted octanol–water partition coefficient (Wildman–Crippen LogP) is 4.14. The monoisotopic (exact) mass is 499 g/mol. The van der Waals surface area contributed by atoms with Crippen molar-refractivity contribution in [2.24, 2.45) is 0 Å². The molecule has 182 valence electrons. The van der Waals surface area contributed by atoms with Gasteiger partial charge < -0.3 is 14.6 Å². The van der Waals surface area contributed by atoms with Gasteiger partial charge in [-0.1, -0.05) is 24.3 Å². The third-order valence-electron chi connectivity index (χ3n) is 5.11. The lowest BCUT2D eigenvalue weighted by Crippen LogP contribution is -2.32. The molecular formula is C23H21F4NO5S. The zero-order valence-corrected chi connectivity index (χ0v) is 19.0. The molecule has 3 rings (SSSR count). The summed E-state index contributed by atoms with van der Waals surface area (Å²) in [5.74, 6) is -7.19. The van der Waals surface area contributed by atoms with Gasteiger partial charge in [-0.25, -0.2) is 26.0 Å². The summed E-state index contributed by atoms with van der Waals surface area (Å²) < 4.78 is 95.4. The molecule has 0 bridgehead atoms. The average molecular weight is 499 g/mol. The summed E-state index contributed by atoms with van der Waals surface area (Å²) in [4.78, 5) is -1.78. The maximum atomic E-state index is 14.7. The fourth-order valence-corrected chi connectivity index (χ4v) is 4.77. The Balaban J connectivity index is 2.11. The van der Waals surface area contributed by atoms with E-state index in [1.54, 1.807) is 24.3 Å². The highest BCUT2D eigenvalue weighted by Crippen LogP contribution is 2.31. The molecule has 1 N–H and O–H groups in total. The van der Waals surface area contributed by atoms with Gasteiger partial charge in [0.1, 0.15) is 11.5 Å². The lowest BCUT2D eigenvalue weighted by molar-refractivity contribution is 0.260. The van der Waals surface area contributed by atoms with Gasteiger partial charge in [0.2, 0.25) is 10.0 Å². The van der Waals surface area contributed by atoms with E-state index in [1.165, 1.54) is 38.5 Å². The van der Waals surface area contributed by atoms with Gasteiger partial charge in [-0.3, -0.25) is 0 Å². The first-order valence-corrected chi connectivity index (χ1v) is 11.3. The Kier molecular flexibility index (Phi) is 7.80. The molecule has 0 atom stereocenters. The number of aliphatic hydroxyl groups excluding tert-OH is 1. The quantitative estimate of drug-likeness (QED) is 0.354. The first-order valence-electron chi connectivity index (χ1n) is 9.85. The van der Waals surface area contributed by atoms with Gasteiger partial charge in [-0.05, 0) is 35.4 Å². The second kappa shape index (κ2) is 10.4. The lowest BCUT2D eigenvalue weighted by atomic mass is 10.2. The topological polar surface area (TPSA) is 76.1 Å². The van der Waals surface area contributed by atoms with Gasteiger partial charge >= 0.3 is 0 Å². The van der Waals surface area contributed by atoms with Crippen LogP contribution in [-0.4, -0.2) is 32.0 Å². The number of aliphatic hydroxyl groups is 1. The first kappa shape index (κ1) is 25.5. The zero-order valence-electron chi connectivity index (χ0n) is 18.2. The van der Waals surface area contributed by atoms with Gasteiger partial charge in [0, 0.05) is 13.1 Å². The van der Waals surface area contributed by atoms with Crippen LogP contribution >= 0.6 is 0 Å². The van der Waals surface area contributed by atoms with Crippen molar-refractivity contribution in [1.82, 2.24) is 4.31 Å². The Labute approximate surface area is 194 Å². The molecule has 0 fully saturated rings. The minimum absolute atomic E-state index is 0.373. The number of sulfonamides is 1. The standard InChI is InChI=1S/C23H21F4NO5S/c1-32-16-7-3-14(4-8-16)11-28(12-15-5-9-17(33-2)10-6-15)34(30,31)23-21(26)19(24)18(13-29)20(25)22(23)27/h3-10,29H,11-13H2,1-2H3. The summed E-state index contributed by atoms with van der Waals surface area (Å²) in [6.45, 7) is -2.10. The van der Waals surface area contributed by atoms with E-state index in [-0.39, 0.29) is 13.1 Å². The fourth-order valence-electron chi connectivity index (χ4n) is 3.25. The van der Waals surface area contributed by atoms with Crippen molar-refractivity contribution in [3.8, 4) is 11.5 Å². The number of rotatable bonds is 9. The highest BCUT2D eigenvalue weighted by molar-refractivity contribution is 7.89. The van der Waals surface area contributed by atoms with Crippen LogP contribution in [0.25, 0.3) is 0 Å². The normalized spacial score (nSPS) is 11.6. The molecule has 0 unspecified atom stereocenters. The highest BCUT2D eigenvalue weighted by Gasteiger charge is 2.36. The maximum absolute atomic E-state index is 14.7. The van der Waals surface area contributed by atoms with E-state index in [4.69, 9.17) is 14.6 Å². The molecular weight excluding hydrogens is 478 g/mol. The van der Waals surface area contributed by atoms with Crippen LogP contribution in [-0.2, 0) is 29.7 Å². The number of nitrogens with zero attached hydrogens (tertiary/aromatic N) is 1. The second-order valence-electron chi connectivity index (χ2n) is 7.19. The van der Waals surface area contributed by atoms with Crippen LogP contribution in [0.5, 0.6) is 11.5 Å². The smallest absolute Gasteiger partial charge is 0.249 e. The molecule has 0 saturated carbocycles. The van der Waals surface area contributed by atoms with Crippen molar-refractivity contribution in [2.75, 3.05) is 14.2 Å². The van der Waals surface area contributed by atoms with E-state index in [9.17, 15) is 26.0 Å². The number of halogens is 4. The van der Waals surface area contributed by atoms with E-state index in [0.717, 1.165) is 0 Å². The van der Waals surface area contributed by atoms with Crippen molar-refractivity contribution >= 4 is 10.0 Å². The van der Waals surface area contributed by atoms with Crippen LogP contribution in [0.2, 0.25) is 0 Å². The number of hydrogen-bond acceptors (Lipinski definition) is 5. The van der Waals surface area contributed by atoms with Crippen molar-refractivity contribution in [1.29, 1.82) is 0 Å². The van der Waals surface area contributed by atoms with E-state index in [0.29, 0.717) is 26.9 Å². The Hall–Kier alpha value is -3.15. The van der Waals surface area contributed by atoms with Crippen molar-refractivity contribution < 1.29 is 40.6 Å². The van der Waals surface area contributed by atoms with E-state index >= 15 is 0 Å². The summed E-state index contributed by atoms with van der Waals surface area (Å²) >= 11 is 0. The molecule has 0 heterocycles. The Morgan fingerprint density at radius 1 is 0.735 bits per heavy atom. The minimum atomic E-state index is -5.10. The molecule has 0 aliphatic rings. The Morgan fingerprint density at radius 3 is 1.44 bits per heavy atom. The second-order valence-corrected chi connectivity index (χ2v) is 9.07. The summed E-state index contributed by atoms with van der Waals surface area (Å²) in [5, 5.41) is 9.03. The Morgan fingerprint density at radius 2 is 1.12 bits per heavy atom. The van der Waals surface area contributed by atoms with Gasteiger partial charge in [0.15, 0.2) is 28.2 Å². The summed E-state index contributed by atoms with van der Waals surface area (Å²) in [6, 6.07) is 12.4. The van der Waals surface area contributed by atoms with Gasteiger partial charge in [-0.15, -0.1) is 0 Å². The number of methoxy groups -OCH3 is 2. The third-order valence-corrected chi connectivity index (χ3v) is 6.92. The van der Waals surface area contributed by atoms with Crippen LogP contribution in [0.3, 0.4) is 0 Å². The number of hydrogen-bond donors (Lipinski definition) is 1. The molecule has 34 heavy (non-hydrogen) atoms. The van der Waals surface area contributed by atoms with Crippen LogP contribution < -0.4 is 9.47 Å². The van der Waals surface area contributed by atoms with Gasteiger partial charge in [0.25, 0.3) is 0 Å². The predicted molar refractivity (Wildman–Crippen MR) is 115 cm³/mol. The molecule has 0 aliphatic carbocycles. The average Bonchev–Trinajstić information content (AvgIpc) is 2.83. The number of ether oxygens (including phenoxy) is 2. The first-order chi connectivity index (χ1) is 16.1. The fraction of sp³-hybridized carbons (Fsp3) is 0.217. The molecule has 0 saturated heterocycles. The molecule has 0 amide bonds.